The molecule has 0 unspecified atom stereocenters. The summed E-state index contributed by atoms with van der Waals surface area (Å²) < 4.78 is 0. The van der Waals surface area contributed by atoms with Crippen molar-refractivity contribution in [3.63, 3.8) is 0 Å². The molecule has 2 heterocycles. The maximum Gasteiger partial charge on any atom is 0.336 e. The Balaban J connectivity index is 2.10. The third kappa shape index (κ3) is 2.29. The summed E-state index contributed by atoms with van der Waals surface area (Å²) in [5.41, 5.74) is 1.68. The minimum atomic E-state index is -0.971. The molecule has 2 aromatic heterocycles. The van der Waals surface area contributed by atoms with Crippen LogP contribution in [0.5, 0.6) is 0 Å². The van der Waals surface area contributed by atoms with E-state index in [1.807, 2.05) is 6.07 Å². The Hall–Kier alpha value is -2.95. The Morgan fingerprint density at radius 2 is 1.85 bits per heavy atom. The van der Waals surface area contributed by atoms with Gasteiger partial charge in [-0.1, -0.05) is 18.2 Å². The minimum absolute atomic E-state index is 0.229. The number of hydrogen-bond donors (Lipinski definition) is 2. The highest BCUT2D eigenvalue weighted by Gasteiger charge is 2.11. The number of aromatic nitrogens is 2. The molecule has 0 fully saturated rings. The number of carboxylic acid groups (broad SMARTS) is 1. The van der Waals surface area contributed by atoms with Gasteiger partial charge in [-0.3, -0.25) is 4.98 Å². The summed E-state index contributed by atoms with van der Waals surface area (Å²) in [6, 6.07) is 12.3. The van der Waals surface area contributed by atoms with Gasteiger partial charge in [-0.25, -0.2) is 9.78 Å². The van der Waals surface area contributed by atoms with E-state index in [4.69, 9.17) is 0 Å². The second-order valence-corrected chi connectivity index (χ2v) is 4.24. The van der Waals surface area contributed by atoms with E-state index in [0.29, 0.717) is 16.7 Å². The molecule has 5 heteroatoms. The van der Waals surface area contributed by atoms with Gasteiger partial charge in [0.1, 0.15) is 5.82 Å². The predicted molar refractivity (Wildman–Crippen MR) is 76.2 cm³/mol. The van der Waals surface area contributed by atoms with Crippen LogP contribution in [0.2, 0.25) is 0 Å². The first-order chi connectivity index (χ1) is 9.74. The van der Waals surface area contributed by atoms with Crippen molar-refractivity contribution in [2.45, 2.75) is 0 Å². The fourth-order valence-electron chi connectivity index (χ4n) is 2.00. The SMILES string of the molecule is O=C(O)c1cc(Nc2ccncc2)nc2ccccc12. The van der Waals surface area contributed by atoms with E-state index in [1.165, 1.54) is 6.07 Å². The van der Waals surface area contributed by atoms with Crippen LogP contribution in [0.3, 0.4) is 0 Å². The molecule has 0 spiro atoms. The lowest BCUT2D eigenvalue weighted by atomic mass is 10.1. The number of fused-ring (bicyclic) bond motifs is 1. The monoisotopic (exact) mass is 265 g/mol. The molecule has 0 atom stereocenters. The number of aromatic carboxylic acids is 1. The summed E-state index contributed by atoms with van der Waals surface area (Å²) in [4.78, 5) is 19.7. The van der Waals surface area contributed by atoms with Crippen molar-refractivity contribution in [1.29, 1.82) is 0 Å². The standard InChI is InChI=1S/C15H11N3O2/c19-15(20)12-9-14(17-10-5-7-16-8-6-10)18-13-4-2-1-3-11(12)13/h1-9H,(H,19,20)(H,16,17,18). The molecule has 0 bridgehead atoms. The van der Waals surface area contributed by atoms with Gasteiger partial charge in [-0.2, -0.15) is 0 Å². The number of carbonyl (C=O) groups is 1. The van der Waals surface area contributed by atoms with Gasteiger partial charge in [-0.05, 0) is 24.3 Å². The van der Waals surface area contributed by atoms with Crippen molar-refractivity contribution in [3.05, 3.63) is 60.4 Å². The van der Waals surface area contributed by atoms with E-state index < -0.39 is 5.97 Å². The lowest BCUT2D eigenvalue weighted by molar-refractivity contribution is 0.0699. The molecule has 0 saturated heterocycles. The minimum Gasteiger partial charge on any atom is -0.478 e. The van der Waals surface area contributed by atoms with E-state index in [-0.39, 0.29) is 5.56 Å². The maximum absolute atomic E-state index is 11.4. The second-order valence-electron chi connectivity index (χ2n) is 4.24. The van der Waals surface area contributed by atoms with Gasteiger partial charge in [0.2, 0.25) is 0 Å². The van der Waals surface area contributed by atoms with Gasteiger partial charge in [0.15, 0.2) is 0 Å². The molecule has 0 aliphatic rings. The molecule has 1 aromatic carbocycles. The fourth-order valence-corrected chi connectivity index (χ4v) is 2.00. The number of nitrogens with one attached hydrogen (secondary N) is 1. The summed E-state index contributed by atoms with van der Waals surface area (Å²) in [6.45, 7) is 0. The zero-order valence-electron chi connectivity index (χ0n) is 10.4. The van der Waals surface area contributed by atoms with E-state index in [2.05, 4.69) is 15.3 Å². The average Bonchev–Trinajstić information content (AvgIpc) is 2.47. The lowest BCUT2D eigenvalue weighted by Gasteiger charge is -2.08. The van der Waals surface area contributed by atoms with Crippen LogP contribution in [0.1, 0.15) is 10.4 Å². The topological polar surface area (TPSA) is 75.1 Å². The van der Waals surface area contributed by atoms with Crippen LogP contribution in [0.4, 0.5) is 11.5 Å². The van der Waals surface area contributed by atoms with Gasteiger partial charge in [0.25, 0.3) is 0 Å². The Kier molecular flexibility index (Phi) is 3.01. The van der Waals surface area contributed by atoms with Gasteiger partial charge in [-0.15, -0.1) is 0 Å². The highest BCUT2D eigenvalue weighted by atomic mass is 16.4. The van der Waals surface area contributed by atoms with Gasteiger partial charge >= 0.3 is 5.97 Å². The summed E-state index contributed by atoms with van der Waals surface area (Å²) in [6.07, 6.45) is 3.31. The third-order valence-corrected chi connectivity index (χ3v) is 2.90. The number of anilines is 2. The number of nitrogens with zero attached hydrogens (tertiary/aromatic N) is 2. The number of carboxylic acids is 1. The van der Waals surface area contributed by atoms with Crippen molar-refractivity contribution in [2.24, 2.45) is 0 Å². The number of benzene rings is 1. The molecule has 20 heavy (non-hydrogen) atoms. The number of rotatable bonds is 3. The Morgan fingerprint density at radius 1 is 1.10 bits per heavy atom. The molecule has 0 saturated carbocycles. The predicted octanol–water partition coefficient (Wildman–Crippen LogP) is 3.07. The summed E-state index contributed by atoms with van der Waals surface area (Å²) in [5.74, 6) is -0.478. The van der Waals surface area contributed by atoms with Crippen LogP contribution in [-0.4, -0.2) is 21.0 Å². The van der Waals surface area contributed by atoms with Gasteiger partial charge in [0, 0.05) is 23.5 Å². The molecule has 98 valence electrons. The molecular formula is C15H11N3O2. The smallest absolute Gasteiger partial charge is 0.336 e. The number of pyridine rings is 2. The lowest BCUT2D eigenvalue weighted by Crippen LogP contribution is -2.02. The molecule has 0 aliphatic heterocycles. The highest BCUT2D eigenvalue weighted by molar-refractivity contribution is 6.03. The van der Waals surface area contributed by atoms with E-state index in [0.717, 1.165) is 5.69 Å². The Morgan fingerprint density at radius 3 is 2.60 bits per heavy atom. The zero-order valence-corrected chi connectivity index (χ0v) is 10.4. The molecular weight excluding hydrogens is 254 g/mol. The largest absolute Gasteiger partial charge is 0.478 e. The molecule has 0 aliphatic carbocycles. The first kappa shape index (κ1) is 12.1. The fraction of sp³-hybridized carbons (Fsp3) is 0. The van der Waals surface area contributed by atoms with Crippen molar-refractivity contribution in [2.75, 3.05) is 5.32 Å². The highest BCUT2D eigenvalue weighted by Crippen LogP contribution is 2.22. The van der Waals surface area contributed by atoms with Crippen molar-refractivity contribution in [1.82, 2.24) is 9.97 Å². The van der Waals surface area contributed by atoms with Crippen molar-refractivity contribution in [3.8, 4) is 0 Å². The van der Waals surface area contributed by atoms with Crippen molar-refractivity contribution >= 4 is 28.4 Å². The van der Waals surface area contributed by atoms with Crippen LogP contribution in [0, 0.1) is 0 Å². The summed E-state index contributed by atoms with van der Waals surface area (Å²) in [5, 5.41) is 13.0. The maximum atomic E-state index is 11.4. The number of hydrogen-bond acceptors (Lipinski definition) is 4. The van der Waals surface area contributed by atoms with E-state index in [9.17, 15) is 9.90 Å². The average molecular weight is 265 g/mol. The summed E-state index contributed by atoms with van der Waals surface area (Å²) >= 11 is 0. The Bertz CT molecular complexity index is 772. The normalized spacial score (nSPS) is 10.4. The Labute approximate surface area is 114 Å². The third-order valence-electron chi connectivity index (χ3n) is 2.90. The van der Waals surface area contributed by atoms with Crippen LogP contribution in [0.25, 0.3) is 10.9 Å². The molecule has 3 rings (SSSR count). The van der Waals surface area contributed by atoms with Crippen LogP contribution in [-0.2, 0) is 0 Å². The van der Waals surface area contributed by atoms with Gasteiger partial charge in [0.05, 0.1) is 11.1 Å². The van der Waals surface area contributed by atoms with E-state index in [1.54, 1.807) is 42.7 Å². The van der Waals surface area contributed by atoms with Crippen LogP contribution >= 0.6 is 0 Å². The second kappa shape index (κ2) is 4.97. The molecule has 5 nitrogen and oxygen atoms in total. The quantitative estimate of drug-likeness (QED) is 0.761. The van der Waals surface area contributed by atoms with E-state index >= 15 is 0 Å². The van der Waals surface area contributed by atoms with Crippen molar-refractivity contribution < 1.29 is 9.90 Å². The first-order valence-corrected chi connectivity index (χ1v) is 6.04. The molecule has 0 amide bonds. The van der Waals surface area contributed by atoms with Crippen LogP contribution in [0.15, 0.2) is 54.9 Å². The first-order valence-electron chi connectivity index (χ1n) is 6.04. The molecule has 2 N–H and O–H groups in total. The zero-order chi connectivity index (χ0) is 13.9. The van der Waals surface area contributed by atoms with Crippen LogP contribution < -0.4 is 5.32 Å². The molecule has 3 aromatic rings. The van der Waals surface area contributed by atoms with Gasteiger partial charge < -0.3 is 10.4 Å². The summed E-state index contributed by atoms with van der Waals surface area (Å²) in [7, 11) is 0. The molecule has 0 radical (unpaired) electrons. The number of para-hydroxylation sites is 1.